The van der Waals surface area contributed by atoms with Crippen LogP contribution in [0.5, 0.6) is 0 Å². The van der Waals surface area contributed by atoms with E-state index in [0.717, 1.165) is 30.5 Å². The number of rotatable bonds is 3. The zero-order valence-corrected chi connectivity index (χ0v) is 12.8. The first-order chi connectivity index (χ1) is 10.2. The van der Waals surface area contributed by atoms with Crippen LogP contribution in [0.3, 0.4) is 0 Å². The largest absolute Gasteiger partial charge is 0.322 e. The third-order valence-corrected chi connectivity index (χ3v) is 4.17. The van der Waals surface area contributed by atoms with Crippen molar-refractivity contribution in [2.75, 3.05) is 11.6 Å². The maximum absolute atomic E-state index is 13.5. The molecule has 2 aromatic rings. The number of sulfone groups is 1. The number of carbonyl (C=O) groups excluding carboxylic acids is 1. The quantitative estimate of drug-likeness (QED) is 0.928. The lowest BCUT2D eigenvalue weighted by Crippen LogP contribution is -2.13. The van der Waals surface area contributed by atoms with Crippen LogP contribution in [-0.4, -0.2) is 20.6 Å². The minimum absolute atomic E-state index is 0.0535. The number of hydrogen-bond acceptors (Lipinski definition) is 3. The van der Waals surface area contributed by atoms with Crippen LogP contribution in [-0.2, 0) is 9.84 Å². The van der Waals surface area contributed by atoms with Crippen LogP contribution in [0.4, 0.5) is 14.5 Å². The van der Waals surface area contributed by atoms with E-state index >= 15 is 0 Å². The summed E-state index contributed by atoms with van der Waals surface area (Å²) in [7, 11) is -3.80. The van der Waals surface area contributed by atoms with Gasteiger partial charge in [0.1, 0.15) is 16.5 Å². The number of halogens is 3. The SMILES string of the molecule is CS(=O)(=O)c1cc(C(=O)Nc2ccc(F)c(Cl)c2)ccc1F. The highest BCUT2D eigenvalue weighted by Gasteiger charge is 2.17. The van der Waals surface area contributed by atoms with Gasteiger partial charge in [-0.25, -0.2) is 17.2 Å². The second-order valence-corrected chi connectivity index (χ2v) is 6.89. The molecular weight excluding hydrogens is 336 g/mol. The lowest BCUT2D eigenvalue weighted by atomic mass is 10.2. The molecule has 0 unspecified atom stereocenters. The number of nitrogens with one attached hydrogen (secondary N) is 1. The summed E-state index contributed by atoms with van der Waals surface area (Å²) in [6.07, 6.45) is 0.840. The average Bonchev–Trinajstić information content (AvgIpc) is 2.42. The average molecular weight is 346 g/mol. The van der Waals surface area contributed by atoms with Gasteiger partial charge in [-0.05, 0) is 36.4 Å². The Hall–Kier alpha value is -1.99. The fraction of sp³-hybridized carbons (Fsp3) is 0.0714. The van der Waals surface area contributed by atoms with Gasteiger partial charge in [-0.15, -0.1) is 0 Å². The van der Waals surface area contributed by atoms with Gasteiger partial charge in [0.2, 0.25) is 0 Å². The Bertz CT molecular complexity index is 853. The van der Waals surface area contributed by atoms with E-state index in [9.17, 15) is 22.0 Å². The first-order valence-corrected chi connectivity index (χ1v) is 8.21. The highest BCUT2D eigenvalue weighted by atomic mass is 35.5. The lowest BCUT2D eigenvalue weighted by Gasteiger charge is -2.08. The molecule has 1 amide bonds. The molecule has 0 bridgehead atoms. The minimum Gasteiger partial charge on any atom is -0.322 e. The van der Waals surface area contributed by atoms with Gasteiger partial charge < -0.3 is 5.32 Å². The number of anilines is 1. The summed E-state index contributed by atoms with van der Waals surface area (Å²) in [5, 5.41) is 2.24. The molecule has 0 heterocycles. The van der Waals surface area contributed by atoms with Crippen molar-refractivity contribution in [3.8, 4) is 0 Å². The summed E-state index contributed by atoms with van der Waals surface area (Å²) in [6, 6.07) is 6.54. The van der Waals surface area contributed by atoms with Gasteiger partial charge in [-0.2, -0.15) is 0 Å². The van der Waals surface area contributed by atoms with Gasteiger partial charge in [-0.3, -0.25) is 4.79 Å². The molecule has 116 valence electrons. The van der Waals surface area contributed by atoms with Gasteiger partial charge in [0, 0.05) is 17.5 Å². The van der Waals surface area contributed by atoms with Gasteiger partial charge in [-0.1, -0.05) is 11.6 Å². The second kappa shape index (κ2) is 6.02. The van der Waals surface area contributed by atoms with Crippen LogP contribution >= 0.6 is 11.6 Å². The molecule has 4 nitrogen and oxygen atoms in total. The molecule has 0 fully saturated rings. The smallest absolute Gasteiger partial charge is 0.255 e. The van der Waals surface area contributed by atoms with E-state index in [0.29, 0.717) is 0 Å². The number of benzene rings is 2. The Balaban J connectivity index is 2.32. The summed E-state index contributed by atoms with van der Waals surface area (Å²) in [5.41, 5.74) is 0.170. The van der Waals surface area contributed by atoms with E-state index in [1.165, 1.54) is 12.1 Å². The summed E-state index contributed by atoms with van der Waals surface area (Å²) in [5.74, 6) is -2.25. The summed E-state index contributed by atoms with van der Waals surface area (Å²) in [6.45, 7) is 0. The fourth-order valence-electron chi connectivity index (χ4n) is 1.71. The molecular formula is C14H10ClF2NO3S. The zero-order chi connectivity index (χ0) is 16.5. The van der Waals surface area contributed by atoms with E-state index < -0.39 is 32.3 Å². The Morgan fingerprint density at radius 1 is 1.09 bits per heavy atom. The first-order valence-electron chi connectivity index (χ1n) is 5.94. The van der Waals surface area contributed by atoms with Crippen LogP contribution in [0.2, 0.25) is 5.02 Å². The Kier molecular flexibility index (Phi) is 4.48. The van der Waals surface area contributed by atoms with E-state index in [2.05, 4.69) is 5.32 Å². The van der Waals surface area contributed by atoms with Crippen molar-refractivity contribution in [1.82, 2.24) is 0 Å². The molecule has 1 N–H and O–H groups in total. The predicted octanol–water partition coefficient (Wildman–Crippen LogP) is 3.27. The second-order valence-electron chi connectivity index (χ2n) is 4.50. The van der Waals surface area contributed by atoms with Gasteiger partial charge in [0.15, 0.2) is 9.84 Å². The van der Waals surface area contributed by atoms with E-state index in [1.54, 1.807) is 0 Å². The molecule has 0 aliphatic rings. The molecule has 8 heteroatoms. The Morgan fingerprint density at radius 2 is 1.73 bits per heavy atom. The number of amides is 1. The van der Waals surface area contributed by atoms with Gasteiger partial charge >= 0.3 is 0 Å². The molecule has 0 aromatic heterocycles. The minimum atomic E-state index is -3.80. The fourth-order valence-corrected chi connectivity index (χ4v) is 2.65. The van der Waals surface area contributed by atoms with E-state index in [-0.39, 0.29) is 16.3 Å². The maximum atomic E-state index is 13.5. The molecule has 2 rings (SSSR count). The number of hydrogen-bond donors (Lipinski definition) is 1. The van der Waals surface area contributed by atoms with E-state index in [4.69, 9.17) is 11.6 Å². The van der Waals surface area contributed by atoms with Gasteiger partial charge in [0.25, 0.3) is 5.91 Å². The third-order valence-electron chi connectivity index (χ3n) is 2.77. The Labute approximate surface area is 130 Å². The van der Waals surface area contributed by atoms with E-state index in [1.807, 2.05) is 0 Å². The number of carbonyl (C=O) groups is 1. The van der Waals surface area contributed by atoms with Crippen LogP contribution < -0.4 is 5.32 Å². The van der Waals surface area contributed by atoms with Crippen molar-refractivity contribution >= 4 is 33.0 Å². The van der Waals surface area contributed by atoms with Crippen molar-refractivity contribution in [2.24, 2.45) is 0 Å². The van der Waals surface area contributed by atoms with Crippen molar-refractivity contribution in [1.29, 1.82) is 0 Å². The molecule has 0 saturated carbocycles. The molecule has 0 radical (unpaired) electrons. The molecule has 0 saturated heterocycles. The summed E-state index contributed by atoms with van der Waals surface area (Å²) in [4.78, 5) is 11.5. The molecule has 0 spiro atoms. The highest BCUT2D eigenvalue weighted by molar-refractivity contribution is 7.90. The van der Waals surface area contributed by atoms with Crippen molar-refractivity contribution < 1.29 is 22.0 Å². The van der Waals surface area contributed by atoms with Crippen molar-refractivity contribution in [3.05, 3.63) is 58.6 Å². The molecule has 0 aliphatic heterocycles. The maximum Gasteiger partial charge on any atom is 0.255 e. The van der Waals surface area contributed by atoms with Crippen LogP contribution in [0.25, 0.3) is 0 Å². The topological polar surface area (TPSA) is 63.2 Å². The summed E-state index contributed by atoms with van der Waals surface area (Å²) < 4.78 is 49.4. The molecule has 2 aromatic carbocycles. The van der Waals surface area contributed by atoms with Crippen LogP contribution in [0.15, 0.2) is 41.3 Å². The predicted molar refractivity (Wildman–Crippen MR) is 78.9 cm³/mol. The van der Waals surface area contributed by atoms with Crippen LogP contribution in [0.1, 0.15) is 10.4 Å². The zero-order valence-electron chi connectivity index (χ0n) is 11.2. The summed E-state index contributed by atoms with van der Waals surface area (Å²) >= 11 is 5.59. The van der Waals surface area contributed by atoms with Crippen molar-refractivity contribution in [2.45, 2.75) is 4.90 Å². The molecule has 0 atom stereocenters. The normalized spacial score (nSPS) is 11.3. The first kappa shape index (κ1) is 16.4. The standard InChI is InChI=1S/C14H10ClF2NO3S/c1-22(20,21)13-6-8(2-4-12(13)17)14(19)18-9-3-5-11(16)10(15)7-9/h2-7H,1H3,(H,18,19). The lowest BCUT2D eigenvalue weighted by molar-refractivity contribution is 0.102. The van der Waals surface area contributed by atoms with Crippen LogP contribution in [0, 0.1) is 11.6 Å². The molecule has 0 aliphatic carbocycles. The monoisotopic (exact) mass is 345 g/mol. The van der Waals surface area contributed by atoms with Gasteiger partial charge in [0.05, 0.1) is 5.02 Å². The van der Waals surface area contributed by atoms with Crippen molar-refractivity contribution in [3.63, 3.8) is 0 Å². The highest BCUT2D eigenvalue weighted by Crippen LogP contribution is 2.21. The molecule has 22 heavy (non-hydrogen) atoms. The third kappa shape index (κ3) is 3.61. The Morgan fingerprint density at radius 3 is 2.32 bits per heavy atom.